The molecule has 0 fully saturated rings. The first-order chi connectivity index (χ1) is 10.6. The molecule has 0 aliphatic heterocycles. The van der Waals surface area contributed by atoms with Crippen molar-refractivity contribution in [1.29, 1.82) is 0 Å². The van der Waals surface area contributed by atoms with Crippen LogP contribution in [0.5, 0.6) is 0 Å². The first-order valence-corrected chi connectivity index (χ1v) is 8.19. The summed E-state index contributed by atoms with van der Waals surface area (Å²) in [5.74, 6) is -0.460. The molecule has 0 aliphatic rings. The zero-order chi connectivity index (χ0) is 15.5. The van der Waals surface area contributed by atoms with E-state index in [4.69, 9.17) is 10.5 Å². The summed E-state index contributed by atoms with van der Waals surface area (Å²) in [7, 11) is 0. The van der Waals surface area contributed by atoms with Gasteiger partial charge in [0.25, 0.3) is 0 Å². The van der Waals surface area contributed by atoms with E-state index in [9.17, 15) is 4.79 Å². The number of carbonyl (C=O) groups is 1. The van der Waals surface area contributed by atoms with Gasteiger partial charge >= 0.3 is 5.97 Å². The predicted molar refractivity (Wildman–Crippen MR) is 87.9 cm³/mol. The number of hydrogen-bond donors (Lipinski definition) is 1. The standard InChI is InChI=1S/C15H13N3O2S2/c1-9-12(13(16)22-18-9)15(19)20-7-11-8-21-14(17-11)10-5-3-2-4-6-10/h2-6,8H,7,16H2,1H3. The minimum absolute atomic E-state index is 0.122. The van der Waals surface area contributed by atoms with E-state index in [0.717, 1.165) is 27.8 Å². The van der Waals surface area contributed by atoms with E-state index in [-0.39, 0.29) is 6.61 Å². The third-order valence-corrected chi connectivity index (χ3v) is 4.72. The minimum Gasteiger partial charge on any atom is -0.455 e. The Kier molecular flexibility index (Phi) is 4.17. The Morgan fingerprint density at radius 2 is 2.09 bits per heavy atom. The molecule has 0 saturated carbocycles. The predicted octanol–water partition coefficient (Wildman–Crippen LogP) is 3.51. The number of aromatic nitrogens is 2. The summed E-state index contributed by atoms with van der Waals surface area (Å²) in [6, 6.07) is 9.88. The summed E-state index contributed by atoms with van der Waals surface area (Å²) in [5.41, 5.74) is 8.44. The topological polar surface area (TPSA) is 78.1 Å². The Morgan fingerprint density at radius 3 is 2.77 bits per heavy atom. The van der Waals surface area contributed by atoms with Crippen LogP contribution in [0.15, 0.2) is 35.7 Å². The second-order valence-electron chi connectivity index (χ2n) is 4.59. The highest BCUT2D eigenvalue weighted by Gasteiger charge is 2.18. The number of nitrogens with two attached hydrogens (primary N) is 1. The van der Waals surface area contributed by atoms with Crippen LogP contribution in [-0.4, -0.2) is 15.3 Å². The SMILES string of the molecule is Cc1nsc(N)c1C(=O)OCc1csc(-c2ccccc2)n1. The lowest BCUT2D eigenvalue weighted by atomic mass is 10.2. The fourth-order valence-corrected chi connectivity index (χ4v) is 3.39. The van der Waals surface area contributed by atoms with E-state index < -0.39 is 5.97 Å². The molecule has 0 amide bonds. The van der Waals surface area contributed by atoms with Gasteiger partial charge in [-0.1, -0.05) is 30.3 Å². The monoisotopic (exact) mass is 331 g/mol. The molecule has 7 heteroatoms. The number of hydrogen-bond acceptors (Lipinski definition) is 7. The van der Waals surface area contributed by atoms with Crippen LogP contribution in [-0.2, 0) is 11.3 Å². The maximum absolute atomic E-state index is 12.0. The van der Waals surface area contributed by atoms with Gasteiger partial charge < -0.3 is 10.5 Å². The lowest BCUT2D eigenvalue weighted by molar-refractivity contribution is 0.0469. The highest BCUT2D eigenvalue weighted by atomic mass is 32.1. The molecule has 2 N–H and O–H groups in total. The van der Waals surface area contributed by atoms with Gasteiger partial charge in [0.05, 0.1) is 11.4 Å². The molecular formula is C15H13N3O2S2. The number of ether oxygens (including phenoxy) is 1. The van der Waals surface area contributed by atoms with Crippen molar-refractivity contribution in [3.63, 3.8) is 0 Å². The number of rotatable bonds is 4. The van der Waals surface area contributed by atoms with Crippen LogP contribution >= 0.6 is 22.9 Å². The summed E-state index contributed by atoms with van der Waals surface area (Å²) in [6.07, 6.45) is 0. The average Bonchev–Trinajstić information content (AvgIpc) is 3.13. The molecule has 0 spiro atoms. The van der Waals surface area contributed by atoms with Crippen LogP contribution in [0.2, 0.25) is 0 Å². The first kappa shape index (κ1) is 14.7. The zero-order valence-corrected chi connectivity index (χ0v) is 13.4. The number of carbonyl (C=O) groups excluding carboxylic acids is 1. The molecule has 0 unspecified atom stereocenters. The quantitative estimate of drug-likeness (QED) is 0.740. The van der Waals surface area contributed by atoms with Gasteiger partial charge in [-0.15, -0.1) is 11.3 Å². The molecule has 0 aliphatic carbocycles. The van der Waals surface area contributed by atoms with E-state index in [1.165, 1.54) is 11.3 Å². The summed E-state index contributed by atoms with van der Waals surface area (Å²) in [5, 5.41) is 3.17. The Bertz CT molecular complexity index is 777. The third kappa shape index (κ3) is 3.00. The Balaban J connectivity index is 1.68. The fraction of sp³-hybridized carbons (Fsp3) is 0.133. The number of thiazole rings is 1. The smallest absolute Gasteiger partial charge is 0.343 e. The third-order valence-electron chi connectivity index (χ3n) is 3.02. The van der Waals surface area contributed by atoms with Crippen molar-refractivity contribution in [3.05, 3.63) is 52.7 Å². The van der Waals surface area contributed by atoms with Crippen LogP contribution in [0.3, 0.4) is 0 Å². The molecule has 0 bridgehead atoms. The number of anilines is 1. The fourth-order valence-electron chi connectivity index (χ4n) is 1.93. The van der Waals surface area contributed by atoms with Crippen molar-refractivity contribution < 1.29 is 9.53 Å². The van der Waals surface area contributed by atoms with E-state index in [2.05, 4.69) is 9.36 Å². The van der Waals surface area contributed by atoms with E-state index in [1.54, 1.807) is 6.92 Å². The molecule has 3 rings (SSSR count). The van der Waals surface area contributed by atoms with Crippen LogP contribution in [0.1, 0.15) is 21.7 Å². The normalized spacial score (nSPS) is 10.6. The molecule has 1 aromatic carbocycles. The second kappa shape index (κ2) is 6.25. The van der Waals surface area contributed by atoms with Gasteiger partial charge in [-0.05, 0) is 18.5 Å². The molecule has 22 heavy (non-hydrogen) atoms. The summed E-state index contributed by atoms with van der Waals surface area (Å²) in [4.78, 5) is 16.5. The number of benzene rings is 1. The number of aryl methyl sites for hydroxylation is 1. The van der Waals surface area contributed by atoms with E-state index in [1.807, 2.05) is 35.7 Å². The lowest BCUT2D eigenvalue weighted by Gasteiger charge is -2.02. The minimum atomic E-state index is -0.460. The molecule has 3 aromatic rings. The molecule has 2 aromatic heterocycles. The zero-order valence-electron chi connectivity index (χ0n) is 11.8. The Morgan fingerprint density at radius 1 is 1.32 bits per heavy atom. The van der Waals surface area contributed by atoms with Crippen LogP contribution < -0.4 is 5.73 Å². The van der Waals surface area contributed by atoms with E-state index in [0.29, 0.717) is 16.3 Å². The van der Waals surface area contributed by atoms with Gasteiger partial charge in [-0.25, -0.2) is 9.78 Å². The van der Waals surface area contributed by atoms with Crippen molar-refractivity contribution in [2.45, 2.75) is 13.5 Å². The number of esters is 1. The lowest BCUT2D eigenvalue weighted by Crippen LogP contribution is -2.08. The van der Waals surface area contributed by atoms with Crippen LogP contribution in [0.25, 0.3) is 10.6 Å². The molecule has 2 heterocycles. The maximum Gasteiger partial charge on any atom is 0.343 e. The van der Waals surface area contributed by atoms with E-state index >= 15 is 0 Å². The molecule has 0 atom stereocenters. The summed E-state index contributed by atoms with van der Waals surface area (Å²) >= 11 is 2.62. The first-order valence-electron chi connectivity index (χ1n) is 6.54. The van der Waals surface area contributed by atoms with Gasteiger partial charge in [-0.3, -0.25) is 0 Å². The Hall–Kier alpha value is -2.25. The van der Waals surface area contributed by atoms with Gasteiger partial charge in [0.2, 0.25) is 0 Å². The van der Waals surface area contributed by atoms with Crippen molar-refractivity contribution in [2.24, 2.45) is 0 Å². The van der Waals surface area contributed by atoms with Crippen molar-refractivity contribution in [1.82, 2.24) is 9.36 Å². The highest BCUT2D eigenvalue weighted by molar-refractivity contribution is 7.13. The summed E-state index contributed by atoms with van der Waals surface area (Å²) in [6.45, 7) is 1.86. The maximum atomic E-state index is 12.0. The second-order valence-corrected chi connectivity index (χ2v) is 6.26. The van der Waals surface area contributed by atoms with Crippen molar-refractivity contribution in [3.8, 4) is 10.6 Å². The van der Waals surface area contributed by atoms with Gasteiger partial charge in [-0.2, -0.15) is 4.37 Å². The average molecular weight is 331 g/mol. The molecule has 0 saturated heterocycles. The van der Waals surface area contributed by atoms with Gasteiger partial charge in [0.1, 0.15) is 22.2 Å². The van der Waals surface area contributed by atoms with Crippen LogP contribution in [0.4, 0.5) is 5.00 Å². The van der Waals surface area contributed by atoms with Gasteiger partial charge in [0, 0.05) is 10.9 Å². The Labute approximate surface area is 135 Å². The largest absolute Gasteiger partial charge is 0.455 e. The molecule has 5 nitrogen and oxygen atoms in total. The van der Waals surface area contributed by atoms with Crippen molar-refractivity contribution in [2.75, 3.05) is 5.73 Å². The number of nitrogens with zero attached hydrogens (tertiary/aromatic N) is 2. The molecule has 112 valence electrons. The van der Waals surface area contributed by atoms with Crippen LogP contribution in [0, 0.1) is 6.92 Å². The number of nitrogen functional groups attached to an aromatic ring is 1. The molecular weight excluding hydrogens is 318 g/mol. The molecule has 0 radical (unpaired) electrons. The highest BCUT2D eigenvalue weighted by Crippen LogP contribution is 2.25. The van der Waals surface area contributed by atoms with Gasteiger partial charge in [0.15, 0.2) is 0 Å². The summed E-state index contributed by atoms with van der Waals surface area (Å²) < 4.78 is 9.31. The van der Waals surface area contributed by atoms with Crippen molar-refractivity contribution >= 4 is 33.8 Å².